The summed E-state index contributed by atoms with van der Waals surface area (Å²) in [5, 5.41) is 0. The van der Waals surface area contributed by atoms with Crippen LogP contribution in [0.5, 0.6) is 0 Å². The van der Waals surface area contributed by atoms with Gasteiger partial charge < -0.3 is 10.6 Å². The molecule has 2 nitrogen and oxygen atoms in total. The van der Waals surface area contributed by atoms with E-state index in [-0.39, 0.29) is 6.04 Å². The number of benzene rings is 1. The zero-order valence-electron chi connectivity index (χ0n) is 9.39. The molecule has 2 N–H and O–H groups in total. The van der Waals surface area contributed by atoms with Crippen molar-refractivity contribution in [1.29, 1.82) is 0 Å². The van der Waals surface area contributed by atoms with Crippen molar-refractivity contribution in [2.24, 2.45) is 11.7 Å². The van der Waals surface area contributed by atoms with Gasteiger partial charge in [-0.1, -0.05) is 43.7 Å². The molecule has 0 saturated carbocycles. The summed E-state index contributed by atoms with van der Waals surface area (Å²) >= 11 is 0. The Morgan fingerprint density at radius 3 is 2.60 bits per heavy atom. The Balaban J connectivity index is 1.81. The molecule has 1 aromatic rings. The Kier molecular flexibility index (Phi) is 3.39. The van der Waals surface area contributed by atoms with E-state index in [1.165, 1.54) is 25.1 Å². The van der Waals surface area contributed by atoms with Crippen LogP contribution in [0.15, 0.2) is 30.3 Å². The Labute approximate surface area is 92.1 Å². The number of rotatable bonds is 4. The lowest BCUT2D eigenvalue weighted by Crippen LogP contribution is -2.48. The van der Waals surface area contributed by atoms with Crippen molar-refractivity contribution in [3.63, 3.8) is 0 Å². The molecule has 1 aliphatic rings. The van der Waals surface area contributed by atoms with Crippen molar-refractivity contribution in [1.82, 2.24) is 4.90 Å². The summed E-state index contributed by atoms with van der Waals surface area (Å²) in [6.07, 6.45) is 1.30. The maximum Gasteiger partial charge on any atom is 0.0424 e. The first-order valence-corrected chi connectivity index (χ1v) is 5.82. The number of likely N-dealkylation sites (tertiary alicyclic amines) is 1. The van der Waals surface area contributed by atoms with Gasteiger partial charge in [-0.2, -0.15) is 0 Å². The summed E-state index contributed by atoms with van der Waals surface area (Å²) in [6, 6.07) is 10.5. The Morgan fingerprint density at radius 1 is 1.33 bits per heavy atom. The molecule has 1 atom stereocenters. The van der Waals surface area contributed by atoms with Gasteiger partial charge in [-0.25, -0.2) is 0 Å². The van der Waals surface area contributed by atoms with Crippen molar-refractivity contribution in [2.75, 3.05) is 19.6 Å². The smallest absolute Gasteiger partial charge is 0.0424 e. The lowest BCUT2D eigenvalue weighted by molar-refractivity contribution is 0.0909. The third-order valence-electron chi connectivity index (χ3n) is 3.29. The van der Waals surface area contributed by atoms with E-state index < -0.39 is 0 Å². The number of nitrogens with two attached hydrogens (primary N) is 1. The van der Waals surface area contributed by atoms with Crippen LogP contribution in [-0.2, 0) is 0 Å². The molecule has 1 aromatic carbocycles. The molecule has 0 spiro atoms. The summed E-state index contributed by atoms with van der Waals surface area (Å²) in [6.45, 7) is 5.73. The van der Waals surface area contributed by atoms with E-state index in [0.29, 0.717) is 0 Å². The van der Waals surface area contributed by atoms with Crippen molar-refractivity contribution in [3.05, 3.63) is 35.9 Å². The summed E-state index contributed by atoms with van der Waals surface area (Å²) in [5.74, 6) is 0.910. The topological polar surface area (TPSA) is 29.3 Å². The fourth-order valence-electron chi connectivity index (χ4n) is 2.17. The fraction of sp³-hybridized carbons (Fsp3) is 0.538. The first-order chi connectivity index (χ1) is 7.29. The van der Waals surface area contributed by atoms with Gasteiger partial charge in [-0.05, 0) is 11.5 Å². The second-order valence-corrected chi connectivity index (χ2v) is 4.51. The van der Waals surface area contributed by atoms with Gasteiger partial charge in [0.25, 0.3) is 0 Å². The average Bonchev–Trinajstić information content (AvgIpc) is 2.23. The van der Waals surface area contributed by atoms with Gasteiger partial charge in [-0.3, -0.25) is 0 Å². The third kappa shape index (κ3) is 2.58. The van der Waals surface area contributed by atoms with Gasteiger partial charge in [0.05, 0.1) is 0 Å². The summed E-state index contributed by atoms with van der Waals surface area (Å²) in [5.41, 5.74) is 7.40. The first-order valence-electron chi connectivity index (χ1n) is 5.82. The number of nitrogens with zero attached hydrogens (tertiary/aromatic N) is 1. The molecule has 0 bridgehead atoms. The van der Waals surface area contributed by atoms with Crippen LogP contribution in [0, 0.1) is 5.92 Å². The molecular formula is C13H20N2. The van der Waals surface area contributed by atoms with Crippen LogP contribution in [0.1, 0.15) is 24.9 Å². The maximum absolute atomic E-state index is 6.15. The van der Waals surface area contributed by atoms with Gasteiger partial charge in [0.2, 0.25) is 0 Å². The lowest BCUT2D eigenvalue weighted by atomic mass is 9.96. The second kappa shape index (κ2) is 4.77. The molecule has 0 aromatic heterocycles. The maximum atomic E-state index is 6.15. The van der Waals surface area contributed by atoms with Crippen LogP contribution in [0.25, 0.3) is 0 Å². The summed E-state index contributed by atoms with van der Waals surface area (Å²) < 4.78 is 0. The van der Waals surface area contributed by atoms with Crippen molar-refractivity contribution in [3.8, 4) is 0 Å². The average molecular weight is 204 g/mol. The van der Waals surface area contributed by atoms with Crippen LogP contribution in [0.4, 0.5) is 0 Å². The number of hydrogen-bond donors (Lipinski definition) is 1. The van der Waals surface area contributed by atoms with Crippen molar-refractivity contribution in [2.45, 2.75) is 19.4 Å². The van der Waals surface area contributed by atoms with E-state index in [1.807, 2.05) is 6.07 Å². The normalized spacial score (nSPS) is 19.9. The Hall–Kier alpha value is -0.860. The van der Waals surface area contributed by atoms with Crippen molar-refractivity contribution >= 4 is 0 Å². The molecule has 2 rings (SSSR count). The van der Waals surface area contributed by atoms with E-state index in [9.17, 15) is 0 Å². The fourth-order valence-corrected chi connectivity index (χ4v) is 2.17. The highest BCUT2D eigenvalue weighted by Crippen LogP contribution is 2.21. The zero-order valence-corrected chi connectivity index (χ0v) is 9.39. The minimum Gasteiger partial charge on any atom is -0.323 e. The standard InChI is InChI=1S/C13H20N2/c1-2-11-8-15(9-11)10-13(14)12-6-4-3-5-7-12/h3-7,11,13H,2,8-10,14H2,1H3. The van der Waals surface area contributed by atoms with Gasteiger partial charge in [0.1, 0.15) is 0 Å². The lowest BCUT2D eigenvalue weighted by Gasteiger charge is -2.40. The second-order valence-electron chi connectivity index (χ2n) is 4.51. The molecule has 0 radical (unpaired) electrons. The van der Waals surface area contributed by atoms with Gasteiger partial charge in [-0.15, -0.1) is 0 Å². The van der Waals surface area contributed by atoms with Gasteiger partial charge >= 0.3 is 0 Å². The highest BCUT2D eigenvalue weighted by Gasteiger charge is 2.26. The molecule has 15 heavy (non-hydrogen) atoms. The van der Waals surface area contributed by atoms with E-state index in [4.69, 9.17) is 5.73 Å². The van der Waals surface area contributed by atoms with Crippen LogP contribution < -0.4 is 5.73 Å². The predicted octanol–water partition coefficient (Wildman–Crippen LogP) is 2.03. The molecule has 1 heterocycles. The molecule has 2 heteroatoms. The van der Waals surface area contributed by atoms with Crippen LogP contribution in [0.2, 0.25) is 0 Å². The largest absolute Gasteiger partial charge is 0.323 e. The van der Waals surface area contributed by atoms with Gasteiger partial charge in [0.15, 0.2) is 0 Å². The molecule has 0 amide bonds. The predicted molar refractivity (Wildman–Crippen MR) is 63.6 cm³/mol. The highest BCUT2D eigenvalue weighted by molar-refractivity contribution is 5.18. The molecule has 1 unspecified atom stereocenters. The quantitative estimate of drug-likeness (QED) is 0.813. The van der Waals surface area contributed by atoms with Gasteiger partial charge in [0, 0.05) is 25.7 Å². The van der Waals surface area contributed by atoms with E-state index in [1.54, 1.807) is 0 Å². The minimum atomic E-state index is 0.170. The van der Waals surface area contributed by atoms with E-state index in [2.05, 4.69) is 36.1 Å². The molecule has 1 aliphatic heterocycles. The van der Waals surface area contributed by atoms with Crippen LogP contribution >= 0.6 is 0 Å². The van der Waals surface area contributed by atoms with Crippen molar-refractivity contribution < 1.29 is 0 Å². The number of hydrogen-bond acceptors (Lipinski definition) is 2. The monoisotopic (exact) mass is 204 g/mol. The third-order valence-corrected chi connectivity index (χ3v) is 3.29. The molecule has 1 saturated heterocycles. The van der Waals surface area contributed by atoms with Crippen LogP contribution in [-0.4, -0.2) is 24.5 Å². The zero-order chi connectivity index (χ0) is 10.7. The van der Waals surface area contributed by atoms with E-state index in [0.717, 1.165) is 12.5 Å². The molecule has 0 aliphatic carbocycles. The Bertz CT molecular complexity index is 291. The first kappa shape index (κ1) is 10.7. The highest BCUT2D eigenvalue weighted by atomic mass is 15.2. The molecule has 82 valence electrons. The van der Waals surface area contributed by atoms with Crippen LogP contribution in [0.3, 0.4) is 0 Å². The summed E-state index contributed by atoms with van der Waals surface area (Å²) in [4.78, 5) is 2.45. The SMILES string of the molecule is CCC1CN(CC(N)c2ccccc2)C1. The summed E-state index contributed by atoms with van der Waals surface area (Å²) in [7, 11) is 0. The minimum absolute atomic E-state index is 0.170. The molecule has 1 fully saturated rings. The van der Waals surface area contributed by atoms with E-state index >= 15 is 0 Å². The molecular weight excluding hydrogens is 184 g/mol. The Morgan fingerprint density at radius 2 is 2.00 bits per heavy atom.